The number of fused-ring (bicyclic) bond motifs is 1. The summed E-state index contributed by atoms with van der Waals surface area (Å²) >= 11 is 0. The molecule has 1 aromatic carbocycles. The van der Waals surface area contributed by atoms with Crippen molar-refractivity contribution in [2.24, 2.45) is 0 Å². The minimum atomic E-state index is -0.250. The lowest BCUT2D eigenvalue weighted by molar-refractivity contribution is 0.415. The Morgan fingerprint density at radius 1 is 1.11 bits per heavy atom. The summed E-state index contributed by atoms with van der Waals surface area (Å²) in [7, 11) is 1.61. The number of nitrogens with one attached hydrogen (secondary N) is 2. The van der Waals surface area contributed by atoms with Gasteiger partial charge in [-0.2, -0.15) is 10.2 Å². The minimum Gasteiger partial charge on any atom is -0.497 e. The predicted octanol–water partition coefficient (Wildman–Crippen LogP) is 1.63. The van der Waals surface area contributed by atoms with Crippen molar-refractivity contribution in [1.82, 2.24) is 20.4 Å². The number of nitrogens with zero attached hydrogens (tertiary/aromatic N) is 2. The maximum absolute atomic E-state index is 11.9. The highest BCUT2D eigenvalue weighted by atomic mass is 16.5. The second-order valence-electron chi connectivity index (χ2n) is 4.19. The van der Waals surface area contributed by atoms with E-state index in [1.54, 1.807) is 7.11 Å². The molecule has 0 radical (unpaired) electrons. The first-order valence-electron chi connectivity index (χ1n) is 5.78. The van der Waals surface area contributed by atoms with Crippen molar-refractivity contribution in [2.75, 3.05) is 7.11 Å². The highest BCUT2D eigenvalue weighted by Gasteiger charge is 2.13. The second kappa shape index (κ2) is 4.24. The fraction of sp³-hybridized carbons (Fsp3) is 0.154. The standard InChI is InChI=1S/C13H12N4O2/c1-7-11-10(13(18)17-14-7)12(16-15-11)8-3-5-9(19-2)6-4-8/h3-6H,1-2H3,(H,15,16)(H,17,18). The van der Waals surface area contributed by atoms with Crippen molar-refractivity contribution >= 4 is 10.9 Å². The van der Waals surface area contributed by atoms with Crippen molar-refractivity contribution in [3.05, 3.63) is 40.3 Å². The van der Waals surface area contributed by atoms with Gasteiger partial charge in [-0.15, -0.1) is 0 Å². The van der Waals surface area contributed by atoms with Gasteiger partial charge in [-0.1, -0.05) is 0 Å². The Balaban J connectivity index is 2.25. The Morgan fingerprint density at radius 2 is 1.84 bits per heavy atom. The van der Waals surface area contributed by atoms with E-state index >= 15 is 0 Å². The van der Waals surface area contributed by atoms with Gasteiger partial charge in [-0.25, -0.2) is 5.10 Å². The molecular formula is C13H12N4O2. The molecule has 0 unspecified atom stereocenters. The van der Waals surface area contributed by atoms with Crippen LogP contribution in [-0.2, 0) is 0 Å². The molecule has 96 valence electrons. The predicted molar refractivity (Wildman–Crippen MR) is 71.2 cm³/mol. The number of aromatic amines is 2. The van der Waals surface area contributed by atoms with Crippen LogP contribution in [0.25, 0.3) is 22.2 Å². The lowest BCUT2D eigenvalue weighted by Gasteiger charge is -2.01. The van der Waals surface area contributed by atoms with Crippen LogP contribution in [0.1, 0.15) is 5.69 Å². The van der Waals surface area contributed by atoms with Gasteiger partial charge < -0.3 is 4.74 Å². The zero-order valence-electron chi connectivity index (χ0n) is 10.5. The normalized spacial score (nSPS) is 10.8. The fourth-order valence-electron chi connectivity index (χ4n) is 2.03. The van der Waals surface area contributed by atoms with Crippen LogP contribution in [-0.4, -0.2) is 27.5 Å². The third-order valence-corrected chi connectivity index (χ3v) is 3.04. The molecule has 0 aliphatic heterocycles. The van der Waals surface area contributed by atoms with Gasteiger partial charge >= 0.3 is 0 Å². The van der Waals surface area contributed by atoms with Crippen molar-refractivity contribution in [2.45, 2.75) is 6.92 Å². The molecule has 0 spiro atoms. The maximum atomic E-state index is 11.9. The lowest BCUT2D eigenvalue weighted by atomic mass is 10.1. The monoisotopic (exact) mass is 256 g/mol. The average Bonchev–Trinajstić information content (AvgIpc) is 2.89. The van der Waals surface area contributed by atoms with E-state index in [1.165, 1.54) is 0 Å². The highest BCUT2D eigenvalue weighted by molar-refractivity contribution is 5.93. The molecule has 6 heteroatoms. The van der Waals surface area contributed by atoms with Crippen molar-refractivity contribution in [3.63, 3.8) is 0 Å². The number of aryl methyl sites for hydroxylation is 1. The Kier molecular flexibility index (Phi) is 2.56. The lowest BCUT2D eigenvalue weighted by Crippen LogP contribution is -2.09. The van der Waals surface area contributed by atoms with Gasteiger partial charge in [0.1, 0.15) is 11.4 Å². The van der Waals surface area contributed by atoms with Gasteiger partial charge in [-0.3, -0.25) is 9.89 Å². The molecule has 3 aromatic rings. The minimum absolute atomic E-state index is 0.250. The Labute approximate surface area is 108 Å². The van der Waals surface area contributed by atoms with E-state index in [1.807, 2.05) is 31.2 Å². The molecule has 0 aliphatic carbocycles. The first-order valence-corrected chi connectivity index (χ1v) is 5.78. The van der Waals surface area contributed by atoms with Gasteiger partial charge in [0.05, 0.1) is 23.7 Å². The van der Waals surface area contributed by atoms with Crippen molar-refractivity contribution in [3.8, 4) is 17.0 Å². The molecule has 2 aromatic heterocycles. The van der Waals surface area contributed by atoms with E-state index in [-0.39, 0.29) is 5.56 Å². The van der Waals surface area contributed by atoms with E-state index in [0.29, 0.717) is 22.3 Å². The number of aromatic nitrogens is 4. The smallest absolute Gasteiger partial charge is 0.275 e. The summed E-state index contributed by atoms with van der Waals surface area (Å²) in [4.78, 5) is 11.9. The summed E-state index contributed by atoms with van der Waals surface area (Å²) < 4.78 is 5.11. The third-order valence-electron chi connectivity index (χ3n) is 3.04. The van der Waals surface area contributed by atoms with Crippen LogP contribution < -0.4 is 10.3 Å². The van der Waals surface area contributed by atoms with Crippen molar-refractivity contribution < 1.29 is 4.74 Å². The molecule has 0 saturated carbocycles. The second-order valence-corrected chi connectivity index (χ2v) is 4.19. The van der Waals surface area contributed by atoms with E-state index < -0.39 is 0 Å². The van der Waals surface area contributed by atoms with E-state index in [0.717, 1.165) is 11.3 Å². The molecule has 0 saturated heterocycles. The zero-order chi connectivity index (χ0) is 13.4. The first kappa shape index (κ1) is 11.5. The van der Waals surface area contributed by atoms with Gasteiger partial charge in [0.15, 0.2) is 0 Å². The van der Waals surface area contributed by atoms with E-state index in [4.69, 9.17) is 4.74 Å². The number of hydrogen-bond donors (Lipinski definition) is 2. The molecule has 19 heavy (non-hydrogen) atoms. The van der Waals surface area contributed by atoms with Crippen LogP contribution >= 0.6 is 0 Å². The molecule has 0 fully saturated rings. The molecule has 0 atom stereocenters. The summed E-state index contributed by atoms with van der Waals surface area (Å²) in [6.07, 6.45) is 0. The molecule has 0 bridgehead atoms. The molecule has 0 amide bonds. The van der Waals surface area contributed by atoms with Crippen LogP contribution in [0, 0.1) is 6.92 Å². The molecular weight excluding hydrogens is 244 g/mol. The number of ether oxygens (including phenoxy) is 1. The maximum Gasteiger partial charge on any atom is 0.275 e. The fourth-order valence-corrected chi connectivity index (χ4v) is 2.03. The van der Waals surface area contributed by atoms with Crippen LogP contribution in [0.4, 0.5) is 0 Å². The summed E-state index contributed by atoms with van der Waals surface area (Å²) in [5.74, 6) is 0.760. The van der Waals surface area contributed by atoms with Crippen LogP contribution in [0.3, 0.4) is 0 Å². The van der Waals surface area contributed by atoms with Gasteiger partial charge in [0, 0.05) is 5.56 Å². The highest BCUT2D eigenvalue weighted by Crippen LogP contribution is 2.25. The topological polar surface area (TPSA) is 83.7 Å². The summed E-state index contributed by atoms with van der Waals surface area (Å²) in [6, 6.07) is 7.39. The molecule has 0 aliphatic rings. The Morgan fingerprint density at radius 3 is 2.53 bits per heavy atom. The SMILES string of the molecule is COc1ccc(-c2n[nH]c3c(C)n[nH]c(=O)c23)cc1. The molecule has 2 N–H and O–H groups in total. The summed E-state index contributed by atoms with van der Waals surface area (Å²) in [5, 5.41) is 14.0. The quantitative estimate of drug-likeness (QED) is 0.730. The average molecular weight is 256 g/mol. The number of H-pyrrole nitrogens is 2. The van der Waals surface area contributed by atoms with Gasteiger partial charge in [-0.05, 0) is 31.2 Å². The third kappa shape index (κ3) is 1.77. The van der Waals surface area contributed by atoms with Crippen molar-refractivity contribution in [1.29, 1.82) is 0 Å². The Bertz CT molecular complexity index is 787. The summed E-state index contributed by atoms with van der Waals surface area (Å²) in [5.41, 5.74) is 2.59. The zero-order valence-corrected chi connectivity index (χ0v) is 10.5. The van der Waals surface area contributed by atoms with E-state index in [2.05, 4.69) is 20.4 Å². The number of rotatable bonds is 2. The van der Waals surface area contributed by atoms with Crippen LogP contribution in [0.2, 0.25) is 0 Å². The number of hydrogen-bond acceptors (Lipinski definition) is 4. The molecule has 3 rings (SSSR count). The molecule has 2 heterocycles. The van der Waals surface area contributed by atoms with Gasteiger partial charge in [0.25, 0.3) is 5.56 Å². The first-order chi connectivity index (χ1) is 9.20. The summed E-state index contributed by atoms with van der Waals surface area (Å²) in [6.45, 7) is 1.81. The number of benzene rings is 1. The number of methoxy groups -OCH3 is 1. The Hall–Kier alpha value is -2.63. The van der Waals surface area contributed by atoms with Gasteiger partial charge in [0.2, 0.25) is 0 Å². The molecule has 6 nitrogen and oxygen atoms in total. The van der Waals surface area contributed by atoms with E-state index in [9.17, 15) is 4.79 Å². The van der Waals surface area contributed by atoms with Crippen LogP contribution in [0.15, 0.2) is 29.1 Å². The largest absolute Gasteiger partial charge is 0.497 e. The van der Waals surface area contributed by atoms with Crippen LogP contribution in [0.5, 0.6) is 5.75 Å².